The lowest BCUT2D eigenvalue weighted by atomic mass is 9.86. The largest absolute Gasteiger partial charge is 0.0803 e. The molecule has 0 N–H and O–H groups in total. The maximum atomic E-state index is 2.56. The highest BCUT2D eigenvalue weighted by Gasteiger charge is 2.42. The lowest BCUT2D eigenvalue weighted by Gasteiger charge is -2.36. The summed E-state index contributed by atoms with van der Waals surface area (Å²) in [6.07, 6.45) is 11.7. The standard InChI is InChI=1S/C27H32Si/c1-19-18-25-23(20-14-16-21(17-15-20)27(2,3)4)12-9-13-24(25)26(19)28(5,6)22-10-7-8-11-22/h7-18,22,26H,1-6H3. The molecule has 0 heterocycles. The first-order chi connectivity index (χ1) is 13.2. The molecule has 0 spiro atoms. The van der Waals surface area contributed by atoms with E-state index >= 15 is 0 Å². The van der Waals surface area contributed by atoms with Crippen molar-refractivity contribution in [1.82, 2.24) is 0 Å². The Hall–Kier alpha value is -2.12. The molecule has 144 valence electrons. The summed E-state index contributed by atoms with van der Waals surface area (Å²) in [7, 11) is -1.55. The van der Waals surface area contributed by atoms with Crippen LogP contribution in [0.25, 0.3) is 17.2 Å². The second-order valence-electron chi connectivity index (χ2n) is 10.1. The van der Waals surface area contributed by atoms with Gasteiger partial charge in [0.15, 0.2) is 0 Å². The van der Waals surface area contributed by atoms with Gasteiger partial charge in [0.05, 0.1) is 8.07 Å². The van der Waals surface area contributed by atoms with Gasteiger partial charge in [-0.25, -0.2) is 0 Å². The predicted octanol–water partition coefficient (Wildman–Crippen LogP) is 7.90. The highest BCUT2D eigenvalue weighted by Crippen LogP contribution is 2.49. The van der Waals surface area contributed by atoms with Crippen molar-refractivity contribution in [1.29, 1.82) is 0 Å². The zero-order valence-electron chi connectivity index (χ0n) is 18.1. The van der Waals surface area contributed by atoms with Crippen LogP contribution in [-0.4, -0.2) is 8.07 Å². The van der Waals surface area contributed by atoms with Crippen LogP contribution in [-0.2, 0) is 5.41 Å². The minimum absolute atomic E-state index is 0.191. The summed E-state index contributed by atoms with van der Waals surface area (Å²) in [5.41, 5.74) is 10.0. The molecule has 4 rings (SSSR count). The van der Waals surface area contributed by atoms with E-state index in [0.717, 1.165) is 0 Å². The van der Waals surface area contributed by atoms with Gasteiger partial charge in [0, 0.05) is 5.54 Å². The molecule has 0 saturated heterocycles. The van der Waals surface area contributed by atoms with Gasteiger partial charge < -0.3 is 0 Å². The topological polar surface area (TPSA) is 0 Å². The van der Waals surface area contributed by atoms with Crippen molar-refractivity contribution < 1.29 is 0 Å². The molecule has 1 unspecified atom stereocenters. The Bertz CT molecular complexity index is 966. The molecule has 0 fully saturated rings. The van der Waals surface area contributed by atoms with Crippen LogP contribution in [0.1, 0.15) is 49.9 Å². The fraction of sp³-hybridized carbons (Fsp3) is 0.333. The third-order valence-electron chi connectivity index (χ3n) is 6.69. The van der Waals surface area contributed by atoms with E-state index in [1.165, 1.54) is 22.3 Å². The predicted molar refractivity (Wildman–Crippen MR) is 126 cm³/mol. The van der Waals surface area contributed by atoms with Crippen LogP contribution >= 0.6 is 0 Å². The fourth-order valence-corrected chi connectivity index (χ4v) is 8.97. The van der Waals surface area contributed by atoms with Crippen molar-refractivity contribution in [2.24, 2.45) is 0 Å². The average Bonchev–Trinajstić information content (AvgIpc) is 3.28. The number of allylic oxidation sites excluding steroid dienone is 5. The first-order valence-electron chi connectivity index (χ1n) is 10.5. The van der Waals surface area contributed by atoms with Crippen LogP contribution in [0.15, 0.2) is 72.3 Å². The summed E-state index contributed by atoms with van der Waals surface area (Å²) in [6.45, 7) is 14.3. The number of hydrogen-bond donors (Lipinski definition) is 0. The SMILES string of the molecule is CC1=Cc2c(-c3ccc(C(C)(C)C)cc3)cccc2C1[Si](C)(C)C1C=CC=C1. The van der Waals surface area contributed by atoms with Gasteiger partial charge in [-0.05, 0) is 45.7 Å². The molecule has 2 aliphatic carbocycles. The second kappa shape index (κ2) is 6.74. The van der Waals surface area contributed by atoms with Gasteiger partial charge in [-0.3, -0.25) is 0 Å². The van der Waals surface area contributed by atoms with Crippen LogP contribution in [0.5, 0.6) is 0 Å². The normalized spacial score (nSPS) is 19.2. The molecule has 0 aromatic heterocycles. The van der Waals surface area contributed by atoms with E-state index in [-0.39, 0.29) is 5.41 Å². The maximum absolute atomic E-state index is 2.56. The van der Waals surface area contributed by atoms with Gasteiger partial charge >= 0.3 is 0 Å². The van der Waals surface area contributed by atoms with Crippen LogP contribution in [0.4, 0.5) is 0 Å². The molecule has 2 aromatic carbocycles. The van der Waals surface area contributed by atoms with Crippen molar-refractivity contribution in [2.75, 3.05) is 0 Å². The van der Waals surface area contributed by atoms with E-state index in [0.29, 0.717) is 11.1 Å². The lowest BCUT2D eigenvalue weighted by molar-refractivity contribution is 0.590. The number of rotatable bonds is 3. The van der Waals surface area contributed by atoms with E-state index in [4.69, 9.17) is 0 Å². The third kappa shape index (κ3) is 3.16. The average molecular weight is 385 g/mol. The molecule has 0 nitrogen and oxygen atoms in total. The molecular weight excluding hydrogens is 352 g/mol. The summed E-state index contributed by atoms with van der Waals surface area (Å²) in [4.78, 5) is 0. The molecular formula is C27H32Si. The van der Waals surface area contributed by atoms with E-state index in [1.807, 2.05) is 0 Å². The molecule has 0 bridgehead atoms. The Morgan fingerprint density at radius 3 is 2.11 bits per heavy atom. The van der Waals surface area contributed by atoms with E-state index in [1.54, 1.807) is 11.1 Å². The Labute approximate surface area is 171 Å². The first-order valence-corrected chi connectivity index (χ1v) is 13.6. The molecule has 28 heavy (non-hydrogen) atoms. The van der Waals surface area contributed by atoms with Gasteiger partial charge in [0.2, 0.25) is 0 Å². The minimum atomic E-state index is -1.55. The fourth-order valence-electron chi connectivity index (χ4n) is 5.06. The monoisotopic (exact) mass is 384 g/mol. The minimum Gasteiger partial charge on any atom is -0.0803 e. The highest BCUT2D eigenvalue weighted by atomic mass is 28.3. The smallest absolute Gasteiger partial charge is 0.0710 e. The van der Waals surface area contributed by atoms with Crippen molar-refractivity contribution in [3.05, 3.63) is 89.0 Å². The molecule has 0 aliphatic heterocycles. The highest BCUT2D eigenvalue weighted by molar-refractivity contribution is 6.82. The number of fused-ring (bicyclic) bond motifs is 1. The van der Waals surface area contributed by atoms with Crippen LogP contribution in [0, 0.1) is 0 Å². The first kappa shape index (κ1) is 19.2. The van der Waals surface area contributed by atoms with Crippen molar-refractivity contribution >= 4 is 14.1 Å². The molecule has 0 saturated carbocycles. The van der Waals surface area contributed by atoms with E-state index < -0.39 is 8.07 Å². The number of hydrogen-bond acceptors (Lipinski definition) is 0. The van der Waals surface area contributed by atoms with Crippen LogP contribution in [0.2, 0.25) is 18.6 Å². The molecule has 1 heteroatoms. The van der Waals surface area contributed by atoms with Gasteiger partial charge in [0.1, 0.15) is 0 Å². The molecule has 2 aromatic rings. The third-order valence-corrected chi connectivity index (χ3v) is 11.0. The molecule has 1 atom stereocenters. The number of benzene rings is 2. The summed E-state index contributed by atoms with van der Waals surface area (Å²) >= 11 is 0. The zero-order chi connectivity index (χ0) is 20.1. The maximum Gasteiger partial charge on any atom is 0.0710 e. The van der Waals surface area contributed by atoms with Crippen LogP contribution < -0.4 is 0 Å². The zero-order valence-corrected chi connectivity index (χ0v) is 19.1. The van der Waals surface area contributed by atoms with E-state index in [9.17, 15) is 0 Å². The summed E-state index contributed by atoms with van der Waals surface area (Å²) in [5.74, 6) is 0. The molecule has 0 amide bonds. The lowest BCUT2D eigenvalue weighted by Crippen LogP contribution is -2.38. The molecule has 0 radical (unpaired) electrons. The summed E-state index contributed by atoms with van der Waals surface area (Å²) in [6, 6.07) is 16.1. The Kier molecular flexibility index (Phi) is 4.62. The Balaban J connectivity index is 1.76. The van der Waals surface area contributed by atoms with Gasteiger partial charge in [0.25, 0.3) is 0 Å². The Morgan fingerprint density at radius 2 is 1.50 bits per heavy atom. The quantitative estimate of drug-likeness (QED) is 0.472. The van der Waals surface area contributed by atoms with Crippen molar-refractivity contribution in [3.63, 3.8) is 0 Å². The molecule has 2 aliphatic rings. The summed E-state index contributed by atoms with van der Waals surface area (Å²) in [5, 5.41) is 0. The van der Waals surface area contributed by atoms with E-state index in [2.05, 4.69) is 114 Å². The van der Waals surface area contributed by atoms with Gasteiger partial charge in [-0.15, -0.1) is 0 Å². The summed E-state index contributed by atoms with van der Waals surface area (Å²) < 4.78 is 0. The van der Waals surface area contributed by atoms with Crippen molar-refractivity contribution in [2.45, 2.75) is 57.3 Å². The van der Waals surface area contributed by atoms with Crippen molar-refractivity contribution in [3.8, 4) is 11.1 Å². The van der Waals surface area contributed by atoms with Crippen LogP contribution in [0.3, 0.4) is 0 Å². The second-order valence-corrected chi connectivity index (χ2v) is 15.0. The van der Waals surface area contributed by atoms with Gasteiger partial charge in [-0.2, -0.15) is 0 Å². The Morgan fingerprint density at radius 1 is 0.857 bits per heavy atom. The van der Waals surface area contributed by atoms with Gasteiger partial charge in [-0.1, -0.05) is 112 Å².